The van der Waals surface area contributed by atoms with E-state index in [9.17, 15) is 19.2 Å². The van der Waals surface area contributed by atoms with Crippen LogP contribution in [0.2, 0.25) is 0 Å². The van der Waals surface area contributed by atoms with E-state index in [0.29, 0.717) is 53.4 Å². The summed E-state index contributed by atoms with van der Waals surface area (Å²) in [5, 5.41) is 8.58. The van der Waals surface area contributed by atoms with Crippen LogP contribution in [0.25, 0.3) is 0 Å². The molecular formula is C34H39N5O5. The van der Waals surface area contributed by atoms with Gasteiger partial charge in [0.15, 0.2) is 6.61 Å². The lowest BCUT2D eigenvalue weighted by Gasteiger charge is -2.24. The molecule has 0 spiro atoms. The van der Waals surface area contributed by atoms with Gasteiger partial charge in [-0.25, -0.2) is 0 Å². The molecular weight excluding hydrogens is 558 g/mol. The summed E-state index contributed by atoms with van der Waals surface area (Å²) in [5.41, 5.74) is 9.95. The molecule has 1 saturated carbocycles. The Bertz CT molecular complexity index is 1530. The molecule has 230 valence electrons. The molecule has 44 heavy (non-hydrogen) atoms. The lowest BCUT2D eigenvalue weighted by atomic mass is 10.0. The van der Waals surface area contributed by atoms with Crippen LogP contribution in [0, 0.1) is 6.92 Å². The van der Waals surface area contributed by atoms with E-state index in [1.165, 1.54) is 0 Å². The number of fused-ring (bicyclic) bond motifs is 1. The van der Waals surface area contributed by atoms with Crippen LogP contribution in [0.15, 0.2) is 60.7 Å². The van der Waals surface area contributed by atoms with Crippen LogP contribution in [-0.4, -0.2) is 54.3 Å². The van der Waals surface area contributed by atoms with Gasteiger partial charge >= 0.3 is 0 Å². The normalized spacial score (nSPS) is 13.7. The van der Waals surface area contributed by atoms with E-state index in [2.05, 4.69) is 16.0 Å². The zero-order valence-electron chi connectivity index (χ0n) is 25.0. The lowest BCUT2D eigenvalue weighted by Crippen LogP contribution is -2.33. The third kappa shape index (κ3) is 7.82. The zero-order chi connectivity index (χ0) is 31.1. The summed E-state index contributed by atoms with van der Waals surface area (Å²) in [7, 11) is 0. The molecule has 1 aliphatic heterocycles. The Balaban J connectivity index is 1.17. The first-order valence-electron chi connectivity index (χ1n) is 15.2. The van der Waals surface area contributed by atoms with Crippen molar-refractivity contribution >= 4 is 35.0 Å². The molecule has 2 aliphatic rings. The van der Waals surface area contributed by atoms with Crippen LogP contribution in [0.3, 0.4) is 0 Å². The molecule has 4 amide bonds. The summed E-state index contributed by atoms with van der Waals surface area (Å²) in [6.07, 6.45) is 5.91. The second kappa shape index (κ2) is 14.2. The third-order valence-corrected chi connectivity index (χ3v) is 7.82. The van der Waals surface area contributed by atoms with Crippen molar-refractivity contribution in [3.05, 3.63) is 88.5 Å². The fourth-order valence-corrected chi connectivity index (χ4v) is 5.23. The van der Waals surface area contributed by atoms with Crippen molar-refractivity contribution in [3.63, 3.8) is 0 Å². The van der Waals surface area contributed by atoms with Crippen molar-refractivity contribution in [2.75, 3.05) is 30.3 Å². The fraction of sp³-hybridized carbons (Fsp3) is 0.353. The molecule has 10 nitrogen and oxygen atoms in total. The number of amides is 4. The minimum Gasteiger partial charge on any atom is -0.482 e. The summed E-state index contributed by atoms with van der Waals surface area (Å²) >= 11 is 0. The number of hydrogen-bond acceptors (Lipinski definition) is 6. The molecule has 0 radical (unpaired) electrons. The quantitative estimate of drug-likeness (QED) is 0.212. The Morgan fingerprint density at radius 1 is 0.932 bits per heavy atom. The first-order valence-corrected chi connectivity index (χ1v) is 15.2. The number of benzene rings is 3. The van der Waals surface area contributed by atoms with E-state index in [4.69, 9.17) is 10.5 Å². The van der Waals surface area contributed by atoms with Crippen molar-refractivity contribution in [3.8, 4) is 5.75 Å². The molecule has 5 N–H and O–H groups in total. The van der Waals surface area contributed by atoms with Crippen molar-refractivity contribution in [2.45, 2.75) is 58.0 Å². The Kier molecular flexibility index (Phi) is 9.91. The van der Waals surface area contributed by atoms with Crippen LogP contribution in [0.5, 0.6) is 5.75 Å². The van der Waals surface area contributed by atoms with Crippen LogP contribution in [0.1, 0.15) is 80.7 Å². The summed E-state index contributed by atoms with van der Waals surface area (Å²) < 4.78 is 5.50. The van der Waals surface area contributed by atoms with Crippen LogP contribution >= 0.6 is 0 Å². The standard InChI is InChI=1S/C34H39N5O5/c1-22-18-23(20-39(27-12-13-27)34(43)25-9-15-29-30(19-25)44-21-31(40)38-29)6-14-28(22)33(42)37-26-10-7-24(8-11-26)32(41)36-17-5-3-2-4-16-35/h6-11,14-15,18-19,27H,2-5,12-13,16-17,20-21,35H2,1H3,(H,36,41)(H,37,42)(H,38,40). The Hall–Kier alpha value is -4.70. The molecule has 0 unspecified atom stereocenters. The highest BCUT2D eigenvalue weighted by molar-refractivity contribution is 6.05. The first-order chi connectivity index (χ1) is 21.3. The minimum atomic E-state index is -0.250. The maximum Gasteiger partial charge on any atom is 0.262 e. The molecule has 0 atom stereocenters. The van der Waals surface area contributed by atoms with Gasteiger partial charge in [-0.15, -0.1) is 0 Å². The zero-order valence-corrected chi connectivity index (χ0v) is 25.0. The smallest absolute Gasteiger partial charge is 0.262 e. The molecule has 3 aromatic rings. The first kappa shape index (κ1) is 30.7. The Morgan fingerprint density at radius 3 is 2.41 bits per heavy atom. The molecule has 0 aromatic heterocycles. The van der Waals surface area contributed by atoms with Gasteiger partial charge in [0.1, 0.15) is 5.75 Å². The maximum atomic E-state index is 13.5. The van der Waals surface area contributed by atoms with Crippen molar-refractivity contribution in [1.29, 1.82) is 0 Å². The van der Waals surface area contributed by atoms with Crippen LogP contribution in [0.4, 0.5) is 11.4 Å². The maximum absolute atomic E-state index is 13.5. The number of nitrogens with zero attached hydrogens (tertiary/aromatic N) is 1. The van der Waals surface area contributed by atoms with Gasteiger partial charge in [0.05, 0.1) is 5.69 Å². The van der Waals surface area contributed by atoms with Gasteiger partial charge in [0.2, 0.25) is 0 Å². The Labute approximate surface area is 257 Å². The number of nitrogens with one attached hydrogen (secondary N) is 3. The second-order valence-corrected chi connectivity index (χ2v) is 11.4. The molecule has 10 heteroatoms. The number of nitrogens with two attached hydrogens (primary N) is 1. The fourth-order valence-electron chi connectivity index (χ4n) is 5.23. The van der Waals surface area contributed by atoms with Gasteiger partial charge in [-0.1, -0.05) is 25.0 Å². The number of aryl methyl sites for hydroxylation is 1. The average molecular weight is 598 g/mol. The van der Waals surface area contributed by atoms with Gasteiger partial charge in [0.25, 0.3) is 23.6 Å². The molecule has 3 aromatic carbocycles. The predicted octanol–water partition coefficient (Wildman–Crippen LogP) is 4.63. The second-order valence-electron chi connectivity index (χ2n) is 11.4. The largest absolute Gasteiger partial charge is 0.482 e. The van der Waals surface area contributed by atoms with Gasteiger partial charge < -0.3 is 31.3 Å². The topological polar surface area (TPSA) is 143 Å². The minimum absolute atomic E-state index is 0.0742. The lowest BCUT2D eigenvalue weighted by molar-refractivity contribution is -0.118. The third-order valence-electron chi connectivity index (χ3n) is 7.82. The number of carbonyl (C=O) groups excluding carboxylic acids is 4. The van der Waals surface area contributed by atoms with E-state index in [-0.39, 0.29) is 36.3 Å². The van der Waals surface area contributed by atoms with E-state index in [1.807, 2.05) is 24.0 Å². The van der Waals surface area contributed by atoms with Crippen molar-refractivity contribution < 1.29 is 23.9 Å². The number of ether oxygens (including phenoxy) is 1. The van der Waals surface area contributed by atoms with E-state index in [1.54, 1.807) is 48.5 Å². The van der Waals surface area contributed by atoms with Gasteiger partial charge in [0, 0.05) is 41.5 Å². The average Bonchev–Trinajstić information content (AvgIpc) is 3.87. The SMILES string of the molecule is Cc1cc(CN(C(=O)c2ccc3c(c2)OCC(=O)N3)C2CC2)ccc1C(=O)Nc1ccc(C(=O)NCCCCCCN)cc1. The number of rotatable bonds is 13. The van der Waals surface area contributed by atoms with Crippen LogP contribution in [-0.2, 0) is 11.3 Å². The molecule has 1 heterocycles. The summed E-state index contributed by atoms with van der Waals surface area (Å²) in [6, 6.07) is 17.7. The monoisotopic (exact) mass is 597 g/mol. The molecule has 5 rings (SSSR count). The Morgan fingerprint density at radius 2 is 1.68 bits per heavy atom. The summed E-state index contributed by atoms with van der Waals surface area (Å²) in [6.45, 7) is 3.53. The molecule has 1 fully saturated rings. The molecule has 1 aliphatic carbocycles. The summed E-state index contributed by atoms with van der Waals surface area (Å²) in [4.78, 5) is 52.4. The van der Waals surface area contributed by atoms with Gasteiger partial charge in [-0.2, -0.15) is 0 Å². The number of hydrogen-bond donors (Lipinski definition) is 4. The highest BCUT2D eigenvalue weighted by atomic mass is 16.5. The van der Waals surface area contributed by atoms with Crippen LogP contribution < -0.4 is 26.4 Å². The van der Waals surface area contributed by atoms with Crippen molar-refractivity contribution in [2.24, 2.45) is 5.73 Å². The molecule has 0 bridgehead atoms. The van der Waals surface area contributed by atoms with Crippen molar-refractivity contribution in [1.82, 2.24) is 10.2 Å². The van der Waals surface area contributed by atoms with E-state index >= 15 is 0 Å². The predicted molar refractivity (Wildman–Crippen MR) is 169 cm³/mol. The van der Waals surface area contributed by atoms with E-state index in [0.717, 1.165) is 49.7 Å². The van der Waals surface area contributed by atoms with Gasteiger partial charge in [-0.05, 0) is 98.8 Å². The number of anilines is 2. The molecule has 0 saturated heterocycles. The number of carbonyl (C=O) groups is 4. The van der Waals surface area contributed by atoms with E-state index < -0.39 is 0 Å². The highest BCUT2D eigenvalue weighted by Gasteiger charge is 2.33. The highest BCUT2D eigenvalue weighted by Crippen LogP contribution is 2.33. The number of unbranched alkanes of at least 4 members (excludes halogenated alkanes) is 3. The summed E-state index contributed by atoms with van der Waals surface area (Å²) in [5.74, 6) is -0.225. The van der Waals surface area contributed by atoms with Gasteiger partial charge in [-0.3, -0.25) is 19.2 Å².